The van der Waals surface area contributed by atoms with Crippen molar-refractivity contribution in [2.45, 2.75) is 49.8 Å². The average molecular weight is 543 g/mol. The molecular weight excluding hydrogens is 508 g/mol. The first-order valence-electron chi connectivity index (χ1n) is 12.6. The van der Waals surface area contributed by atoms with Gasteiger partial charge in [-0.1, -0.05) is 44.2 Å². The fourth-order valence-electron chi connectivity index (χ4n) is 4.02. The Bertz CT molecular complexity index is 1140. The largest absolute Gasteiger partial charge is 0.481 e. The minimum atomic E-state index is -1.07. The predicted octanol–water partition coefficient (Wildman–Crippen LogP) is 3.51. The van der Waals surface area contributed by atoms with E-state index in [4.69, 9.17) is 4.74 Å². The van der Waals surface area contributed by atoms with Gasteiger partial charge in [-0.15, -0.1) is 11.8 Å². The number of aliphatic carboxylic acids is 1. The van der Waals surface area contributed by atoms with Gasteiger partial charge >= 0.3 is 12.1 Å². The van der Waals surface area contributed by atoms with Gasteiger partial charge in [0.05, 0.1) is 12.3 Å². The summed E-state index contributed by atoms with van der Waals surface area (Å²) in [6.07, 6.45) is -0.787. The summed E-state index contributed by atoms with van der Waals surface area (Å²) < 4.78 is 5.02. The van der Waals surface area contributed by atoms with E-state index in [1.807, 2.05) is 36.4 Å². The van der Waals surface area contributed by atoms with Crippen LogP contribution in [0, 0.1) is 0 Å². The Hall–Kier alpha value is -3.60. The predicted molar refractivity (Wildman–Crippen MR) is 144 cm³/mol. The highest BCUT2D eigenvalue weighted by atomic mass is 32.2. The molecule has 38 heavy (non-hydrogen) atoms. The summed E-state index contributed by atoms with van der Waals surface area (Å²) in [6.45, 7) is 7.19. The standard InChI is InChI=1S/C27H34N4O6S/c1-4-37-27(36)31-14-12-30(13-15-31)26(35)21(10-11-24(32)33)29-25(34)23-17-20(38-18(2)3)16-22(28-23)19-8-6-5-7-9-19/h5-9,16-18,21H,4,10-15H2,1-3H3,(H,29,34)(H,32,33)/t21-/m0/s1. The molecule has 1 saturated heterocycles. The minimum Gasteiger partial charge on any atom is -0.481 e. The van der Waals surface area contributed by atoms with E-state index >= 15 is 0 Å². The fraction of sp³-hybridized carbons (Fsp3) is 0.444. The van der Waals surface area contributed by atoms with Gasteiger partial charge in [0.1, 0.15) is 11.7 Å². The van der Waals surface area contributed by atoms with Crippen molar-refractivity contribution in [2.75, 3.05) is 32.8 Å². The Kier molecular flexibility index (Phi) is 10.5. The van der Waals surface area contributed by atoms with Crippen LogP contribution in [-0.2, 0) is 14.3 Å². The summed E-state index contributed by atoms with van der Waals surface area (Å²) >= 11 is 1.59. The number of nitrogens with one attached hydrogen (secondary N) is 1. The van der Waals surface area contributed by atoms with Gasteiger partial charge in [-0.25, -0.2) is 9.78 Å². The highest BCUT2D eigenvalue weighted by Gasteiger charge is 2.31. The van der Waals surface area contributed by atoms with Crippen molar-refractivity contribution in [1.82, 2.24) is 20.1 Å². The van der Waals surface area contributed by atoms with Crippen molar-refractivity contribution >= 4 is 35.6 Å². The summed E-state index contributed by atoms with van der Waals surface area (Å²) in [5.41, 5.74) is 1.63. The van der Waals surface area contributed by atoms with Crippen LogP contribution >= 0.6 is 11.8 Å². The molecule has 0 spiro atoms. The van der Waals surface area contributed by atoms with Crippen LogP contribution in [0.5, 0.6) is 0 Å². The Balaban J connectivity index is 1.79. The molecule has 2 aromatic rings. The number of rotatable bonds is 10. The van der Waals surface area contributed by atoms with Crippen molar-refractivity contribution < 1.29 is 29.0 Å². The first-order valence-corrected chi connectivity index (χ1v) is 13.5. The highest BCUT2D eigenvalue weighted by Crippen LogP contribution is 2.28. The van der Waals surface area contributed by atoms with Crippen LogP contribution in [0.2, 0.25) is 0 Å². The lowest BCUT2D eigenvalue weighted by Crippen LogP contribution is -2.56. The summed E-state index contributed by atoms with van der Waals surface area (Å²) in [4.78, 5) is 58.4. The van der Waals surface area contributed by atoms with Gasteiger partial charge in [-0.05, 0) is 25.5 Å². The van der Waals surface area contributed by atoms with Crippen LogP contribution in [0.25, 0.3) is 11.3 Å². The molecule has 2 N–H and O–H groups in total. The topological polar surface area (TPSA) is 129 Å². The number of benzene rings is 1. The molecule has 10 nitrogen and oxygen atoms in total. The number of carboxylic acid groups (broad SMARTS) is 1. The molecule has 1 atom stereocenters. The van der Waals surface area contributed by atoms with Crippen LogP contribution < -0.4 is 5.32 Å². The molecule has 1 aliphatic heterocycles. The zero-order chi connectivity index (χ0) is 27.7. The van der Waals surface area contributed by atoms with Gasteiger partial charge < -0.3 is 25.0 Å². The van der Waals surface area contributed by atoms with Gasteiger partial charge in [-0.2, -0.15) is 0 Å². The molecule has 2 heterocycles. The highest BCUT2D eigenvalue weighted by molar-refractivity contribution is 7.99. The number of aromatic nitrogens is 1. The van der Waals surface area contributed by atoms with E-state index in [2.05, 4.69) is 24.1 Å². The molecule has 0 unspecified atom stereocenters. The number of pyridine rings is 1. The van der Waals surface area contributed by atoms with E-state index in [1.165, 1.54) is 9.80 Å². The fourth-order valence-corrected chi connectivity index (χ4v) is 4.92. The van der Waals surface area contributed by atoms with Crippen molar-refractivity contribution in [3.05, 3.63) is 48.2 Å². The van der Waals surface area contributed by atoms with Gasteiger partial charge in [-0.3, -0.25) is 14.4 Å². The Morgan fingerprint density at radius 1 is 1.05 bits per heavy atom. The van der Waals surface area contributed by atoms with E-state index in [-0.39, 0.29) is 49.4 Å². The number of hydrogen-bond acceptors (Lipinski definition) is 7. The third-order valence-corrected chi connectivity index (χ3v) is 6.82. The quantitative estimate of drug-likeness (QED) is 0.437. The molecule has 11 heteroatoms. The lowest BCUT2D eigenvalue weighted by Gasteiger charge is -2.35. The maximum Gasteiger partial charge on any atom is 0.409 e. The van der Waals surface area contributed by atoms with Crippen LogP contribution in [0.1, 0.15) is 44.1 Å². The molecule has 1 aromatic heterocycles. The molecule has 3 amide bonds. The average Bonchev–Trinajstić information content (AvgIpc) is 2.90. The van der Waals surface area contributed by atoms with Crippen LogP contribution in [0.4, 0.5) is 4.79 Å². The summed E-state index contributed by atoms with van der Waals surface area (Å²) in [5.74, 6) is -2.01. The first kappa shape index (κ1) is 29.0. The van der Waals surface area contributed by atoms with Crippen LogP contribution in [-0.4, -0.2) is 87.8 Å². The number of nitrogens with zero attached hydrogens (tertiary/aromatic N) is 3. The molecule has 1 fully saturated rings. The smallest absolute Gasteiger partial charge is 0.409 e. The first-order chi connectivity index (χ1) is 18.2. The van der Waals surface area contributed by atoms with Crippen LogP contribution in [0.3, 0.4) is 0 Å². The van der Waals surface area contributed by atoms with E-state index in [0.717, 1.165) is 10.5 Å². The van der Waals surface area contributed by atoms with Crippen molar-refractivity contribution in [3.63, 3.8) is 0 Å². The van der Waals surface area contributed by atoms with Gasteiger partial charge in [0.25, 0.3) is 5.91 Å². The Morgan fingerprint density at radius 2 is 1.71 bits per heavy atom. The maximum atomic E-state index is 13.4. The summed E-state index contributed by atoms with van der Waals surface area (Å²) in [5, 5.41) is 12.2. The number of ether oxygens (including phenoxy) is 1. The number of thioether (sulfide) groups is 1. The normalized spacial score (nSPS) is 14.2. The number of hydrogen-bond donors (Lipinski definition) is 2. The van der Waals surface area contributed by atoms with E-state index < -0.39 is 24.0 Å². The van der Waals surface area contributed by atoms with Gasteiger partial charge in [0.2, 0.25) is 5.91 Å². The molecule has 204 valence electrons. The Morgan fingerprint density at radius 3 is 2.32 bits per heavy atom. The molecule has 0 aliphatic carbocycles. The molecule has 0 radical (unpaired) electrons. The number of piperazine rings is 1. The summed E-state index contributed by atoms with van der Waals surface area (Å²) in [6, 6.07) is 12.1. The molecule has 1 aliphatic rings. The second kappa shape index (κ2) is 13.8. The SMILES string of the molecule is CCOC(=O)N1CCN(C(=O)[C@H](CCC(=O)O)NC(=O)c2cc(SC(C)C)cc(-c3ccccc3)n2)CC1. The maximum absolute atomic E-state index is 13.4. The number of amides is 3. The minimum absolute atomic E-state index is 0.0655. The summed E-state index contributed by atoms with van der Waals surface area (Å²) in [7, 11) is 0. The number of carboxylic acids is 1. The molecule has 0 bridgehead atoms. The molecule has 0 saturated carbocycles. The van der Waals surface area contributed by atoms with E-state index in [0.29, 0.717) is 18.8 Å². The lowest BCUT2D eigenvalue weighted by molar-refractivity contribution is -0.138. The Labute approximate surface area is 226 Å². The van der Waals surface area contributed by atoms with Crippen molar-refractivity contribution in [1.29, 1.82) is 0 Å². The number of carbonyl (C=O) groups excluding carboxylic acids is 3. The van der Waals surface area contributed by atoms with Gasteiger partial charge in [0, 0.05) is 48.3 Å². The van der Waals surface area contributed by atoms with E-state index in [1.54, 1.807) is 24.8 Å². The molecular formula is C27H34N4O6S. The van der Waals surface area contributed by atoms with E-state index in [9.17, 15) is 24.3 Å². The van der Waals surface area contributed by atoms with Crippen molar-refractivity contribution in [2.24, 2.45) is 0 Å². The zero-order valence-electron chi connectivity index (χ0n) is 21.9. The second-order valence-electron chi connectivity index (χ2n) is 9.08. The van der Waals surface area contributed by atoms with Crippen molar-refractivity contribution in [3.8, 4) is 11.3 Å². The van der Waals surface area contributed by atoms with Crippen LogP contribution in [0.15, 0.2) is 47.4 Å². The lowest BCUT2D eigenvalue weighted by atomic mass is 10.1. The molecule has 1 aromatic carbocycles. The third kappa shape index (κ3) is 8.20. The molecule has 3 rings (SSSR count). The van der Waals surface area contributed by atoms with Gasteiger partial charge in [0.15, 0.2) is 0 Å². The number of carbonyl (C=O) groups is 4. The monoisotopic (exact) mass is 542 g/mol. The second-order valence-corrected chi connectivity index (χ2v) is 10.7. The third-order valence-electron chi connectivity index (χ3n) is 5.84. The zero-order valence-corrected chi connectivity index (χ0v) is 22.7.